The van der Waals surface area contributed by atoms with Gasteiger partial charge in [-0.25, -0.2) is 4.79 Å². The van der Waals surface area contributed by atoms with Gasteiger partial charge < -0.3 is 24.1 Å². The zero-order valence-electron chi connectivity index (χ0n) is 25.8. The summed E-state index contributed by atoms with van der Waals surface area (Å²) in [6.07, 6.45) is 2.16. The van der Waals surface area contributed by atoms with Crippen molar-refractivity contribution >= 4 is 6.16 Å². The highest BCUT2D eigenvalue weighted by atomic mass is 16.7. The van der Waals surface area contributed by atoms with Crippen LogP contribution in [0.2, 0.25) is 0 Å². The van der Waals surface area contributed by atoms with Gasteiger partial charge >= 0.3 is 6.16 Å². The Balaban J connectivity index is 1.82. The first kappa shape index (κ1) is 32.0. The summed E-state index contributed by atoms with van der Waals surface area (Å²) in [6.45, 7) is 13.7. The van der Waals surface area contributed by atoms with Crippen LogP contribution in [0.5, 0.6) is 17.2 Å². The second kappa shape index (κ2) is 13.9. The summed E-state index contributed by atoms with van der Waals surface area (Å²) in [5.74, 6) is 1.68. The molecular weight excluding hydrogens is 516 g/mol. The molecule has 3 atom stereocenters. The van der Waals surface area contributed by atoms with E-state index in [9.17, 15) is 9.90 Å². The van der Waals surface area contributed by atoms with Gasteiger partial charge in [0.25, 0.3) is 0 Å². The first-order valence-corrected chi connectivity index (χ1v) is 14.4. The summed E-state index contributed by atoms with van der Waals surface area (Å²) in [5, 5.41) is 9.76. The van der Waals surface area contributed by atoms with Crippen LogP contribution >= 0.6 is 0 Å². The van der Waals surface area contributed by atoms with Gasteiger partial charge in [-0.15, -0.1) is 0 Å². The third-order valence-electron chi connectivity index (χ3n) is 7.31. The molecule has 0 aliphatic rings. The number of ether oxygens (including phenoxy) is 4. The van der Waals surface area contributed by atoms with Gasteiger partial charge in [0, 0.05) is 21.0 Å². The first-order chi connectivity index (χ1) is 19.3. The van der Waals surface area contributed by atoms with Gasteiger partial charge in [-0.1, -0.05) is 50.2 Å². The molecule has 6 heteroatoms. The number of carbonyl (C=O) groups is 1. The Morgan fingerprint density at radius 1 is 0.756 bits per heavy atom. The summed E-state index contributed by atoms with van der Waals surface area (Å²) >= 11 is 0. The summed E-state index contributed by atoms with van der Waals surface area (Å²) in [5.41, 5.74) is 3.02. The van der Waals surface area contributed by atoms with Crippen LogP contribution in [0.4, 0.5) is 4.79 Å². The van der Waals surface area contributed by atoms with Crippen LogP contribution in [0.1, 0.15) is 102 Å². The highest BCUT2D eigenvalue weighted by Gasteiger charge is 2.24. The van der Waals surface area contributed by atoms with E-state index in [2.05, 4.69) is 26.0 Å². The molecule has 222 valence electrons. The minimum absolute atomic E-state index is 0.252. The average Bonchev–Trinajstić information content (AvgIpc) is 2.91. The number of rotatable bonds is 12. The van der Waals surface area contributed by atoms with E-state index in [1.54, 1.807) is 19.2 Å². The largest absolute Gasteiger partial charge is 0.514 e. The van der Waals surface area contributed by atoms with Crippen molar-refractivity contribution in [2.45, 2.75) is 96.9 Å². The fourth-order valence-corrected chi connectivity index (χ4v) is 4.92. The van der Waals surface area contributed by atoms with Crippen molar-refractivity contribution in [1.29, 1.82) is 0 Å². The van der Waals surface area contributed by atoms with Gasteiger partial charge in [-0.2, -0.15) is 0 Å². The molecule has 0 fully saturated rings. The highest BCUT2D eigenvalue weighted by molar-refractivity contribution is 5.64. The maximum atomic E-state index is 12.2. The van der Waals surface area contributed by atoms with Crippen LogP contribution in [0, 0.1) is 0 Å². The predicted octanol–water partition coefficient (Wildman–Crippen LogP) is 9.33. The van der Waals surface area contributed by atoms with Crippen LogP contribution in [-0.2, 0) is 9.47 Å². The van der Waals surface area contributed by atoms with Crippen molar-refractivity contribution in [3.63, 3.8) is 0 Å². The number of carbonyl (C=O) groups excluding carboxylic acids is 1. The second-order valence-corrected chi connectivity index (χ2v) is 12.2. The van der Waals surface area contributed by atoms with Crippen LogP contribution < -0.4 is 9.47 Å². The molecule has 0 bridgehead atoms. The lowest BCUT2D eigenvalue weighted by molar-refractivity contribution is -0.134. The summed E-state index contributed by atoms with van der Waals surface area (Å²) in [6, 6.07) is 23.5. The predicted molar refractivity (Wildman–Crippen MR) is 163 cm³/mol. The van der Waals surface area contributed by atoms with Crippen LogP contribution in [0.3, 0.4) is 0 Å². The first-order valence-electron chi connectivity index (χ1n) is 14.4. The fourth-order valence-electron chi connectivity index (χ4n) is 4.92. The molecule has 0 radical (unpaired) electrons. The van der Waals surface area contributed by atoms with Crippen molar-refractivity contribution in [2.75, 3.05) is 7.11 Å². The number of hydrogen-bond acceptors (Lipinski definition) is 6. The number of aromatic hydroxyl groups is 1. The van der Waals surface area contributed by atoms with Crippen LogP contribution in [0.25, 0.3) is 0 Å². The normalized spacial score (nSPS) is 14.1. The Hall–Kier alpha value is -3.51. The molecule has 0 aliphatic heterocycles. The van der Waals surface area contributed by atoms with Crippen molar-refractivity contribution < 1.29 is 28.8 Å². The molecule has 0 saturated carbocycles. The monoisotopic (exact) mass is 562 g/mol. The number of phenols is 1. The van der Waals surface area contributed by atoms with E-state index in [0.29, 0.717) is 11.7 Å². The zero-order chi connectivity index (χ0) is 30.2. The Morgan fingerprint density at radius 3 is 1.78 bits per heavy atom. The molecule has 3 aromatic carbocycles. The standard InChI is InChI=1S/C35H46O6/c1-9-25(27-14-20-32(21-15-27)40-35(6,7)38-8)23-29(22-24(2)26-10-16-30(36)17-11-26)28-12-18-31(19-13-28)39-33(37)41-34(3,4)5/h10-21,24-25,29,36H,9,22-23H2,1-8H3. The molecule has 0 heterocycles. The third kappa shape index (κ3) is 10.1. The van der Waals surface area contributed by atoms with Crippen molar-refractivity contribution in [2.24, 2.45) is 0 Å². The van der Waals surface area contributed by atoms with Crippen LogP contribution in [0.15, 0.2) is 72.8 Å². The number of methoxy groups -OCH3 is 1. The average molecular weight is 563 g/mol. The molecule has 41 heavy (non-hydrogen) atoms. The highest BCUT2D eigenvalue weighted by Crippen LogP contribution is 2.39. The molecular formula is C35H46O6. The molecule has 0 spiro atoms. The van der Waals surface area contributed by atoms with E-state index >= 15 is 0 Å². The van der Waals surface area contributed by atoms with Crippen molar-refractivity contribution in [3.8, 4) is 17.2 Å². The quantitative estimate of drug-likeness (QED) is 0.135. The van der Waals surface area contributed by atoms with Gasteiger partial charge in [0.2, 0.25) is 5.79 Å². The lowest BCUT2D eigenvalue weighted by atomic mass is 9.78. The topological polar surface area (TPSA) is 74.2 Å². The van der Waals surface area contributed by atoms with Gasteiger partial charge in [0.1, 0.15) is 22.8 Å². The van der Waals surface area contributed by atoms with Crippen LogP contribution in [-0.4, -0.2) is 29.8 Å². The van der Waals surface area contributed by atoms with Gasteiger partial charge in [-0.05, 0) is 111 Å². The summed E-state index contributed by atoms with van der Waals surface area (Å²) in [7, 11) is 1.64. The van der Waals surface area contributed by atoms with E-state index in [4.69, 9.17) is 18.9 Å². The smallest absolute Gasteiger partial charge is 0.508 e. The Labute approximate surface area is 245 Å². The lowest BCUT2D eigenvalue weighted by Crippen LogP contribution is -2.30. The zero-order valence-corrected chi connectivity index (χ0v) is 25.8. The number of hydrogen-bond donors (Lipinski definition) is 1. The van der Waals surface area contributed by atoms with E-state index in [-0.39, 0.29) is 17.6 Å². The summed E-state index contributed by atoms with van der Waals surface area (Å²) in [4.78, 5) is 12.2. The second-order valence-electron chi connectivity index (χ2n) is 12.2. The molecule has 6 nitrogen and oxygen atoms in total. The minimum atomic E-state index is -0.713. The van der Waals surface area contributed by atoms with E-state index in [0.717, 1.165) is 25.0 Å². The minimum Gasteiger partial charge on any atom is -0.508 e. The maximum Gasteiger partial charge on any atom is 0.514 e. The SMILES string of the molecule is CCC(CC(CC(C)c1ccc(O)cc1)c1ccc(OC(=O)OC(C)(C)C)cc1)c1ccc(OC(C)(C)OC)cc1. The molecule has 0 aliphatic carbocycles. The van der Waals surface area contributed by atoms with Crippen molar-refractivity contribution in [3.05, 3.63) is 89.5 Å². The Morgan fingerprint density at radius 2 is 1.27 bits per heavy atom. The molecule has 3 rings (SSSR count). The molecule has 3 unspecified atom stereocenters. The molecule has 0 amide bonds. The van der Waals surface area contributed by atoms with Gasteiger partial charge in [-0.3, -0.25) is 0 Å². The number of phenolic OH excluding ortho intramolecular Hbond substituents is 1. The van der Waals surface area contributed by atoms with Crippen molar-refractivity contribution in [1.82, 2.24) is 0 Å². The third-order valence-corrected chi connectivity index (χ3v) is 7.31. The molecule has 1 N–H and O–H groups in total. The number of benzene rings is 3. The lowest BCUT2D eigenvalue weighted by Gasteiger charge is -2.27. The summed E-state index contributed by atoms with van der Waals surface area (Å²) < 4.78 is 22.1. The molecule has 3 aromatic rings. The fraction of sp³-hybridized carbons (Fsp3) is 0.457. The van der Waals surface area contributed by atoms with E-state index in [1.165, 1.54) is 16.7 Å². The molecule has 0 saturated heterocycles. The maximum absolute atomic E-state index is 12.2. The van der Waals surface area contributed by atoms with Gasteiger partial charge in [0.15, 0.2) is 0 Å². The van der Waals surface area contributed by atoms with E-state index in [1.807, 2.05) is 83.1 Å². The van der Waals surface area contributed by atoms with E-state index < -0.39 is 17.5 Å². The van der Waals surface area contributed by atoms with Gasteiger partial charge in [0.05, 0.1) is 0 Å². The Kier molecular flexibility index (Phi) is 10.9. The molecule has 0 aromatic heterocycles. The Bertz CT molecular complexity index is 1220.